The third-order valence-corrected chi connectivity index (χ3v) is 3.78. The number of carbonyl (C=O) groups excluding carboxylic acids is 1. The van der Waals surface area contributed by atoms with Crippen LogP contribution in [0.25, 0.3) is 0 Å². The highest BCUT2D eigenvalue weighted by atomic mass is 32.1. The van der Waals surface area contributed by atoms with Crippen LogP contribution >= 0.6 is 11.3 Å². The van der Waals surface area contributed by atoms with E-state index in [0.29, 0.717) is 19.6 Å². The average Bonchev–Trinajstić information content (AvgIpc) is 2.83. The predicted molar refractivity (Wildman–Crippen MR) is 77.5 cm³/mol. The minimum absolute atomic E-state index is 0.0173. The topological polar surface area (TPSA) is 38.3 Å². The Balaban J connectivity index is 1.66. The van der Waals surface area contributed by atoms with Gasteiger partial charge in [0.2, 0.25) is 5.91 Å². The second-order valence-corrected chi connectivity index (χ2v) is 5.22. The fourth-order valence-electron chi connectivity index (χ4n) is 1.63. The third-order valence-electron chi connectivity index (χ3n) is 2.76. The van der Waals surface area contributed by atoms with Gasteiger partial charge in [-0.3, -0.25) is 4.79 Å². The molecule has 0 saturated heterocycles. The maximum Gasteiger partial charge on any atom is 0.223 e. The van der Waals surface area contributed by atoms with Crippen molar-refractivity contribution in [1.29, 1.82) is 0 Å². The molecule has 0 bridgehead atoms. The van der Waals surface area contributed by atoms with Gasteiger partial charge >= 0.3 is 0 Å². The second-order valence-electron chi connectivity index (χ2n) is 4.22. The van der Waals surface area contributed by atoms with Crippen molar-refractivity contribution >= 4 is 17.2 Å². The first-order valence-electron chi connectivity index (χ1n) is 6.23. The van der Waals surface area contributed by atoms with Crippen LogP contribution in [0.2, 0.25) is 0 Å². The molecule has 0 atom stereocenters. The maximum atomic E-state index is 11.7. The average molecular weight is 275 g/mol. The molecule has 2 rings (SSSR count). The number of amides is 1. The Morgan fingerprint density at radius 2 is 2.05 bits per heavy atom. The van der Waals surface area contributed by atoms with Gasteiger partial charge in [-0.05, 0) is 36.1 Å². The molecular formula is C15H17NO2S. The number of ether oxygens (including phenoxy) is 1. The summed E-state index contributed by atoms with van der Waals surface area (Å²) in [4.78, 5) is 12.9. The number of hydrogen-bond acceptors (Lipinski definition) is 3. The largest absolute Gasteiger partial charge is 0.493 e. The lowest BCUT2D eigenvalue weighted by molar-refractivity contribution is -0.121. The SMILES string of the molecule is Cc1ccsc1CNC(=O)CCOc1ccccc1. The third kappa shape index (κ3) is 4.41. The normalized spacial score (nSPS) is 10.2. The molecular weight excluding hydrogens is 258 g/mol. The van der Waals surface area contributed by atoms with E-state index in [4.69, 9.17) is 4.74 Å². The summed E-state index contributed by atoms with van der Waals surface area (Å²) in [6.07, 6.45) is 0.374. The summed E-state index contributed by atoms with van der Waals surface area (Å²) in [5.74, 6) is 0.813. The molecule has 100 valence electrons. The Labute approximate surface area is 117 Å². The smallest absolute Gasteiger partial charge is 0.223 e. The van der Waals surface area contributed by atoms with Gasteiger partial charge in [0.05, 0.1) is 19.6 Å². The molecule has 2 aromatic rings. The molecule has 0 radical (unpaired) electrons. The highest BCUT2D eigenvalue weighted by Crippen LogP contribution is 2.14. The van der Waals surface area contributed by atoms with Gasteiger partial charge in [-0.15, -0.1) is 11.3 Å². The van der Waals surface area contributed by atoms with Crippen molar-refractivity contribution in [3.8, 4) is 5.75 Å². The Morgan fingerprint density at radius 3 is 2.74 bits per heavy atom. The first-order chi connectivity index (χ1) is 9.25. The van der Waals surface area contributed by atoms with Crippen LogP contribution in [-0.4, -0.2) is 12.5 Å². The Hall–Kier alpha value is -1.81. The van der Waals surface area contributed by atoms with Crippen LogP contribution in [0, 0.1) is 6.92 Å². The summed E-state index contributed by atoms with van der Waals surface area (Å²) in [6.45, 7) is 3.06. The van der Waals surface area contributed by atoms with E-state index in [-0.39, 0.29) is 5.91 Å². The fourth-order valence-corrected chi connectivity index (χ4v) is 2.48. The summed E-state index contributed by atoms with van der Waals surface area (Å²) >= 11 is 1.67. The number of carbonyl (C=O) groups is 1. The van der Waals surface area contributed by atoms with Gasteiger partial charge in [0.25, 0.3) is 0 Å². The molecule has 1 amide bonds. The number of nitrogens with one attached hydrogen (secondary N) is 1. The first kappa shape index (κ1) is 13.6. The molecule has 1 heterocycles. The predicted octanol–water partition coefficient (Wildman–Crippen LogP) is 3.14. The van der Waals surface area contributed by atoms with Gasteiger partial charge in [0, 0.05) is 4.88 Å². The van der Waals surface area contributed by atoms with E-state index in [0.717, 1.165) is 5.75 Å². The zero-order valence-electron chi connectivity index (χ0n) is 10.9. The quantitative estimate of drug-likeness (QED) is 0.879. The second kappa shape index (κ2) is 6.95. The molecule has 0 aliphatic rings. The van der Waals surface area contributed by atoms with Gasteiger partial charge in [0.15, 0.2) is 0 Å². The van der Waals surface area contributed by atoms with Gasteiger partial charge in [-0.25, -0.2) is 0 Å². The van der Waals surface area contributed by atoms with Crippen molar-refractivity contribution < 1.29 is 9.53 Å². The number of para-hydroxylation sites is 1. The van der Waals surface area contributed by atoms with Crippen LogP contribution in [-0.2, 0) is 11.3 Å². The molecule has 0 spiro atoms. The summed E-state index contributed by atoms with van der Waals surface area (Å²) in [5.41, 5.74) is 1.23. The fraction of sp³-hybridized carbons (Fsp3) is 0.267. The van der Waals surface area contributed by atoms with Crippen molar-refractivity contribution in [2.45, 2.75) is 19.9 Å². The molecule has 0 aliphatic carbocycles. The lowest BCUT2D eigenvalue weighted by Crippen LogP contribution is -2.24. The van der Waals surface area contributed by atoms with E-state index in [1.165, 1.54) is 10.4 Å². The summed E-state index contributed by atoms with van der Waals surface area (Å²) in [6, 6.07) is 11.6. The van der Waals surface area contributed by atoms with E-state index in [1.807, 2.05) is 35.7 Å². The van der Waals surface area contributed by atoms with Crippen molar-refractivity contribution in [2.24, 2.45) is 0 Å². The van der Waals surface area contributed by atoms with Gasteiger partial charge in [-0.1, -0.05) is 18.2 Å². The zero-order chi connectivity index (χ0) is 13.5. The van der Waals surface area contributed by atoms with Crippen LogP contribution in [0.1, 0.15) is 16.9 Å². The monoisotopic (exact) mass is 275 g/mol. The molecule has 0 unspecified atom stereocenters. The minimum atomic E-state index is 0.0173. The summed E-state index contributed by atoms with van der Waals surface area (Å²) in [5, 5.41) is 4.94. The minimum Gasteiger partial charge on any atom is -0.493 e. The molecule has 3 nitrogen and oxygen atoms in total. The lowest BCUT2D eigenvalue weighted by Gasteiger charge is -2.07. The molecule has 0 fully saturated rings. The van der Waals surface area contributed by atoms with Crippen molar-refractivity contribution in [1.82, 2.24) is 5.32 Å². The molecule has 4 heteroatoms. The van der Waals surface area contributed by atoms with E-state index in [2.05, 4.69) is 18.3 Å². The molecule has 1 aromatic heterocycles. The van der Waals surface area contributed by atoms with E-state index >= 15 is 0 Å². The molecule has 19 heavy (non-hydrogen) atoms. The zero-order valence-corrected chi connectivity index (χ0v) is 11.7. The van der Waals surface area contributed by atoms with Crippen LogP contribution in [0.3, 0.4) is 0 Å². The highest BCUT2D eigenvalue weighted by molar-refractivity contribution is 7.10. The maximum absolute atomic E-state index is 11.7. The van der Waals surface area contributed by atoms with Crippen molar-refractivity contribution in [2.75, 3.05) is 6.61 Å². The standard InChI is InChI=1S/C15H17NO2S/c1-12-8-10-19-14(12)11-16-15(17)7-9-18-13-5-3-2-4-6-13/h2-6,8,10H,7,9,11H2,1H3,(H,16,17). The van der Waals surface area contributed by atoms with Crippen LogP contribution in [0.4, 0.5) is 0 Å². The lowest BCUT2D eigenvalue weighted by atomic mass is 10.3. The number of thiophene rings is 1. The summed E-state index contributed by atoms with van der Waals surface area (Å²) < 4.78 is 5.48. The Morgan fingerprint density at radius 1 is 1.26 bits per heavy atom. The van der Waals surface area contributed by atoms with Crippen LogP contribution < -0.4 is 10.1 Å². The Kier molecular flexibility index (Phi) is 4.98. The number of rotatable bonds is 6. The Bertz CT molecular complexity index is 522. The number of aryl methyl sites for hydroxylation is 1. The van der Waals surface area contributed by atoms with Crippen molar-refractivity contribution in [3.63, 3.8) is 0 Å². The highest BCUT2D eigenvalue weighted by Gasteiger charge is 2.04. The van der Waals surface area contributed by atoms with Crippen LogP contribution in [0.5, 0.6) is 5.75 Å². The van der Waals surface area contributed by atoms with Gasteiger partial charge in [0.1, 0.15) is 5.75 Å². The van der Waals surface area contributed by atoms with E-state index in [9.17, 15) is 4.79 Å². The number of hydrogen-bond donors (Lipinski definition) is 1. The molecule has 0 saturated carbocycles. The molecule has 1 N–H and O–H groups in total. The molecule has 0 aliphatic heterocycles. The van der Waals surface area contributed by atoms with E-state index < -0.39 is 0 Å². The first-order valence-corrected chi connectivity index (χ1v) is 7.11. The van der Waals surface area contributed by atoms with Crippen molar-refractivity contribution in [3.05, 3.63) is 52.2 Å². The van der Waals surface area contributed by atoms with Gasteiger partial charge in [-0.2, -0.15) is 0 Å². The number of benzene rings is 1. The van der Waals surface area contributed by atoms with Gasteiger partial charge < -0.3 is 10.1 Å². The summed E-state index contributed by atoms with van der Waals surface area (Å²) in [7, 11) is 0. The van der Waals surface area contributed by atoms with E-state index in [1.54, 1.807) is 11.3 Å². The molecule has 1 aromatic carbocycles. The van der Waals surface area contributed by atoms with Crippen LogP contribution in [0.15, 0.2) is 41.8 Å².